The Balaban J connectivity index is 1.58. The smallest absolute Gasteiger partial charge is 0.230 e. The molecular weight excluding hydrogens is 290 g/mol. The largest absolute Gasteiger partial charge is 0.355 e. The number of thioether (sulfide) groups is 1. The van der Waals surface area contributed by atoms with Gasteiger partial charge < -0.3 is 14.8 Å². The number of aromatic nitrogens is 3. The highest BCUT2D eigenvalue weighted by Gasteiger charge is 2.19. The number of carbonyl (C=O) groups is 2. The van der Waals surface area contributed by atoms with Gasteiger partial charge in [-0.1, -0.05) is 11.8 Å². The molecule has 2 rings (SSSR count). The minimum absolute atomic E-state index is 0.0154. The third kappa shape index (κ3) is 4.73. The summed E-state index contributed by atoms with van der Waals surface area (Å²) < 4.78 is 1.90. The average molecular weight is 311 g/mol. The SMILES string of the molecule is CCn1cnnc1SCC(=O)NCCCN1CCCC1=O. The van der Waals surface area contributed by atoms with Gasteiger partial charge in [0.05, 0.1) is 5.75 Å². The van der Waals surface area contributed by atoms with Crippen LogP contribution in [0.1, 0.15) is 26.2 Å². The molecule has 116 valence electrons. The second-order valence-electron chi connectivity index (χ2n) is 4.88. The fraction of sp³-hybridized carbons (Fsp3) is 0.692. The molecule has 0 spiro atoms. The van der Waals surface area contributed by atoms with E-state index in [1.807, 2.05) is 16.4 Å². The summed E-state index contributed by atoms with van der Waals surface area (Å²) in [5.74, 6) is 0.551. The summed E-state index contributed by atoms with van der Waals surface area (Å²) in [4.78, 5) is 25.0. The lowest BCUT2D eigenvalue weighted by Gasteiger charge is -2.15. The van der Waals surface area contributed by atoms with Crippen LogP contribution in [0, 0.1) is 0 Å². The molecule has 0 bridgehead atoms. The van der Waals surface area contributed by atoms with Crippen LogP contribution in [0.5, 0.6) is 0 Å². The maximum absolute atomic E-state index is 11.7. The van der Waals surface area contributed by atoms with Crippen molar-refractivity contribution in [3.8, 4) is 0 Å². The van der Waals surface area contributed by atoms with Gasteiger partial charge in [0.15, 0.2) is 5.16 Å². The number of rotatable bonds is 8. The minimum atomic E-state index is -0.0154. The van der Waals surface area contributed by atoms with Crippen LogP contribution in [-0.2, 0) is 16.1 Å². The van der Waals surface area contributed by atoms with E-state index in [-0.39, 0.29) is 11.8 Å². The Hall–Kier alpha value is -1.57. The highest BCUT2D eigenvalue weighted by molar-refractivity contribution is 7.99. The van der Waals surface area contributed by atoms with E-state index in [0.29, 0.717) is 18.7 Å². The van der Waals surface area contributed by atoms with Crippen molar-refractivity contribution in [3.05, 3.63) is 6.33 Å². The van der Waals surface area contributed by atoms with E-state index in [2.05, 4.69) is 15.5 Å². The summed E-state index contributed by atoms with van der Waals surface area (Å²) in [5, 5.41) is 11.4. The highest BCUT2D eigenvalue weighted by Crippen LogP contribution is 2.13. The van der Waals surface area contributed by atoms with Crippen LogP contribution in [0.25, 0.3) is 0 Å². The molecule has 1 N–H and O–H groups in total. The van der Waals surface area contributed by atoms with Crippen LogP contribution in [0.2, 0.25) is 0 Å². The van der Waals surface area contributed by atoms with Gasteiger partial charge in [0.2, 0.25) is 11.8 Å². The first-order valence-electron chi connectivity index (χ1n) is 7.25. The summed E-state index contributed by atoms with van der Waals surface area (Å²) in [6.45, 7) is 4.99. The fourth-order valence-electron chi connectivity index (χ4n) is 2.19. The Morgan fingerprint density at radius 2 is 2.38 bits per heavy atom. The van der Waals surface area contributed by atoms with Gasteiger partial charge in [-0.15, -0.1) is 10.2 Å². The number of nitrogens with one attached hydrogen (secondary N) is 1. The maximum Gasteiger partial charge on any atom is 0.230 e. The fourth-order valence-corrected chi connectivity index (χ4v) is 3.00. The summed E-state index contributed by atoms with van der Waals surface area (Å²) in [5.41, 5.74) is 0. The van der Waals surface area contributed by atoms with Gasteiger partial charge in [-0.2, -0.15) is 0 Å². The van der Waals surface area contributed by atoms with E-state index >= 15 is 0 Å². The van der Waals surface area contributed by atoms with E-state index in [0.717, 1.165) is 37.6 Å². The van der Waals surface area contributed by atoms with Crippen LogP contribution in [0.15, 0.2) is 11.5 Å². The number of likely N-dealkylation sites (tertiary alicyclic amines) is 1. The Labute approximate surface area is 128 Å². The van der Waals surface area contributed by atoms with Crippen molar-refractivity contribution in [1.29, 1.82) is 0 Å². The maximum atomic E-state index is 11.7. The molecule has 0 radical (unpaired) electrons. The molecule has 1 aliphatic heterocycles. The molecule has 0 atom stereocenters. The zero-order valence-corrected chi connectivity index (χ0v) is 13.1. The predicted octanol–water partition coefficient (Wildman–Crippen LogP) is 0.519. The number of nitrogens with zero attached hydrogens (tertiary/aromatic N) is 4. The molecular formula is C13H21N5O2S. The Kier molecular flexibility index (Phi) is 6.04. The normalized spacial score (nSPS) is 14.7. The molecule has 1 saturated heterocycles. The van der Waals surface area contributed by atoms with E-state index in [1.165, 1.54) is 11.8 Å². The molecule has 8 heteroatoms. The molecule has 1 aromatic heterocycles. The summed E-state index contributed by atoms with van der Waals surface area (Å²) in [6, 6.07) is 0. The first kappa shape index (κ1) is 15.8. The first-order valence-corrected chi connectivity index (χ1v) is 8.24. The Morgan fingerprint density at radius 1 is 1.52 bits per heavy atom. The second kappa shape index (κ2) is 8.02. The van der Waals surface area contributed by atoms with Crippen LogP contribution < -0.4 is 5.32 Å². The van der Waals surface area contributed by atoms with E-state index < -0.39 is 0 Å². The van der Waals surface area contributed by atoms with Crippen LogP contribution in [-0.4, -0.2) is 56.9 Å². The third-order valence-corrected chi connectivity index (χ3v) is 4.33. The molecule has 21 heavy (non-hydrogen) atoms. The Morgan fingerprint density at radius 3 is 3.10 bits per heavy atom. The van der Waals surface area contributed by atoms with Crippen LogP contribution in [0.4, 0.5) is 0 Å². The number of aryl methyl sites for hydroxylation is 1. The molecule has 0 unspecified atom stereocenters. The second-order valence-corrected chi connectivity index (χ2v) is 5.82. The lowest BCUT2D eigenvalue weighted by atomic mass is 10.4. The molecule has 2 heterocycles. The molecule has 1 aromatic rings. The standard InChI is InChI=1S/C13H21N5O2S/c1-2-17-10-15-16-13(17)21-9-11(19)14-6-4-8-18-7-3-5-12(18)20/h10H,2-9H2,1H3,(H,14,19). The number of hydrogen-bond acceptors (Lipinski definition) is 5. The van der Waals surface area contributed by atoms with Gasteiger partial charge in [-0.25, -0.2) is 0 Å². The van der Waals surface area contributed by atoms with Gasteiger partial charge in [0.25, 0.3) is 0 Å². The number of amides is 2. The first-order chi connectivity index (χ1) is 10.2. The molecule has 7 nitrogen and oxygen atoms in total. The lowest BCUT2D eigenvalue weighted by molar-refractivity contribution is -0.127. The number of hydrogen-bond donors (Lipinski definition) is 1. The molecule has 0 aromatic carbocycles. The molecule has 1 fully saturated rings. The zero-order chi connectivity index (χ0) is 15.1. The summed E-state index contributed by atoms with van der Waals surface area (Å²) >= 11 is 1.38. The van der Waals surface area contributed by atoms with Crippen molar-refractivity contribution >= 4 is 23.6 Å². The van der Waals surface area contributed by atoms with E-state index in [4.69, 9.17) is 0 Å². The predicted molar refractivity (Wildman–Crippen MR) is 79.9 cm³/mol. The highest BCUT2D eigenvalue weighted by atomic mass is 32.2. The molecule has 1 aliphatic rings. The van der Waals surface area contributed by atoms with E-state index in [1.54, 1.807) is 6.33 Å². The average Bonchev–Trinajstić information content (AvgIpc) is 3.10. The summed E-state index contributed by atoms with van der Waals surface area (Å²) in [6.07, 6.45) is 4.08. The molecule has 0 saturated carbocycles. The van der Waals surface area contributed by atoms with Crippen molar-refractivity contribution in [2.45, 2.75) is 37.9 Å². The van der Waals surface area contributed by atoms with Crippen molar-refractivity contribution < 1.29 is 9.59 Å². The van der Waals surface area contributed by atoms with E-state index in [9.17, 15) is 9.59 Å². The topological polar surface area (TPSA) is 80.1 Å². The van der Waals surface area contributed by atoms with Gasteiger partial charge in [0, 0.05) is 32.6 Å². The summed E-state index contributed by atoms with van der Waals surface area (Å²) in [7, 11) is 0. The quantitative estimate of drug-likeness (QED) is 0.559. The van der Waals surface area contributed by atoms with Gasteiger partial charge in [-0.05, 0) is 19.8 Å². The third-order valence-electron chi connectivity index (χ3n) is 3.35. The van der Waals surface area contributed by atoms with Crippen molar-refractivity contribution in [2.24, 2.45) is 0 Å². The van der Waals surface area contributed by atoms with Gasteiger partial charge >= 0.3 is 0 Å². The van der Waals surface area contributed by atoms with Crippen molar-refractivity contribution in [3.63, 3.8) is 0 Å². The van der Waals surface area contributed by atoms with Crippen LogP contribution >= 0.6 is 11.8 Å². The Bertz CT molecular complexity index is 491. The minimum Gasteiger partial charge on any atom is -0.355 e. The van der Waals surface area contributed by atoms with Gasteiger partial charge in [-0.3, -0.25) is 9.59 Å². The monoisotopic (exact) mass is 311 g/mol. The van der Waals surface area contributed by atoms with Crippen LogP contribution in [0.3, 0.4) is 0 Å². The zero-order valence-electron chi connectivity index (χ0n) is 12.2. The van der Waals surface area contributed by atoms with Gasteiger partial charge in [0.1, 0.15) is 6.33 Å². The lowest BCUT2D eigenvalue weighted by Crippen LogP contribution is -2.31. The van der Waals surface area contributed by atoms with Crippen molar-refractivity contribution in [1.82, 2.24) is 25.0 Å². The number of carbonyl (C=O) groups excluding carboxylic acids is 2. The molecule has 2 amide bonds. The molecule has 0 aliphatic carbocycles. The van der Waals surface area contributed by atoms with Crippen molar-refractivity contribution in [2.75, 3.05) is 25.4 Å².